The standard InChI is InChI=1S/C11H10N4O2/c1-6-3-7(2)15-9(14-6)8-4-12-10(11(16)17)13-5-8/h3-5H,1-2H3,(H,16,17). The molecule has 2 aromatic rings. The van der Waals surface area contributed by atoms with Crippen LogP contribution in [-0.2, 0) is 0 Å². The molecule has 0 spiro atoms. The largest absolute Gasteiger partial charge is 0.475 e. The second-order valence-electron chi connectivity index (χ2n) is 3.57. The SMILES string of the molecule is Cc1cc(C)nc(-c2cnc(C(=O)O)nc2)n1. The molecule has 0 aliphatic carbocycles. The third kappa shape index (κ3) is 2.41. The van der Waals surface area contributed by atoms with Crippen molar-refractivity contribution in [2.24, 2.45) is 0 Å². The first-order valence-electron chi connectivity index (χ1n) is 4.94. The van der Waals surface area contributed by atoms with Crippen molar-refractivity contribution < 1.29 is 9.90 Å². The Labute approximate surface area is 97.4 Å². The number of carbonyl (C=O) groups is 1. The molecular formula is C11H10N4O2. The molecule has 6 heteroatoms. The van der Waals surface area contributed by atoms with Crippen molar-refractivity contribution in [1.29, 1.82) is 0 Å². The fraction of sp³-hybridized carbons (Fsp3) is 0.182. The molecule has 17 heavy (non-hydrogen) atoms. The van der Waals surface area contributed by atoms with Gasteiger partial charge < -0.3 is 5.11 Å². The van der Waals surface area contributed by atoms with Crippen molar-refractivity contribution in [2.75, 3.05) is 0 Å². The Bertz CT molecular complexity index is 546. The molecule has 0 atom stereocenters. The summed E-state index contributed by atoms with van der Waals surface area (Å²) in [5, 5.41) is 8.68. The average Bonchev–Trinajstić information content (AvgIpc) is 2.28. The highest BCUT2D eigenvalue weighted by molar-refractivity contribution is 5.83. The van der Waals surface area contributed by atoms with Crippen LogP contribution in [-0.4, -0.2) is 31.0 Å². The lowest BCUT2D eigenvalue weighted by Gasteiger charge is -2.02. The molecule has 2 rings (SSSR count). The van der Waals surface area contributed by atoms with E-state index >= 15 is 0 Å². The smallest absolute Gasteiger partial charge is 0.373 e. The lowest BCUT2D eigenvalue weighted by molar-refractivity contribution is 0.0683. The number of carboxylic acids is 1. The van der Waals surface area contributed by atoms with Gasteiger partial charge in [-0.15, -0.1) is 0 Å². The lowest BCUT2D eigenvalue weighted by Crippen LogP contribution is -2.04. The minimum Gasteiger partial charge on any atom is -0.475 e. The number of rotatable bonds is 2. The first kappa shape index (κ1) is 11.1. The van der Waals surface area contributed by atoms with Gasteiger partial charge in [-0.05, 0) is 19.9 Å². The molecule has 1 N–H and O–H groups in total. The number of hydrogen-bond acceptors (Lipinski definition) is 5. The van der Waals surface area contributed by atoms with Crippen LogP contribution >= 0.6 is 0 Å². The van der Waals surface area contributed by atoms with Crippen molar-refractivity contribution in [3.05, 3.63) is 35.7 Å². The second kappa shape index (κ2) is 4.25. The zero-order chi connectivity index (χ0) is 12.4. The molecule has 86 valence electrons. The molecule has 0 aliphatic rings. The number of hydrogen-bond donors (Lipinski definition) is 1. The van der Waals surface area contributed by atoms with Gasteiger partial charge in [0.1, 0.15) is 0 Å². The number of carboxylic acid groups (broad SMARTS) is 1. The van der Waals surface area contributed by atoms with Crippen LogP contribution < -0.4 is 0 Å². The Kier molecular flexibility index (Phi) is 2.78. The molecule has 0 radical (unpaired) electrons. The normalized spacial score (nSPS) is 10.2. The van der Waals surface area contributed by atoms with Crippen molar-refractivity contribution in [3.63, 3.8) is 0 Å². The Morgan fingerprint density at radius 3 is 2.12 bits per heavy atom. The van der Waals surface area contributed by atoms with Crippen LogP contribution in [0.1, 0.15) is 22.0 Å². The van der Waals surface area contributed by atoms with Gasteiger partial charge >= 0.3 is 5.97 Å². The van der Waals surface area contributed by atoms with E-state index in [1.165, 1.54) is 12.4 Å². The molecule has 0 amide bonds. The van der Waals surface area contributed by atoms with Gasteiger partial charge in [0.2, 0.25) is 5.82 Å². The Hall–Kier alpha value is -2.37. The maximum Gasteiger partial charge on any atom is 0.373 e. The first-order valence-corrected chi connectivity index (χ1v) is 4.94. The van der Waals surface area contributed by atoms with E-state index < -0.39 is 5.97 Å². The van der Waals surface area contributed by atoms with Crippen LogP contribution in [0.5, 0.6) is 0 Å². The molecule has 0 unspecified atom stereocenters. The van der Waals surface area contributed by atoms with E-state index in [-0.39, 0.29) is 5.82 Å². The van der Waals surface area contributed by atoms with Crippen molar-refractivity contribution >= 4 is 5.97 Å². The van der Waals surface area contributed by atoms with Crippen molar-refractivity contribution in [3.8, 4) is 11.4 Å². The first-order chi connectivity index (χ1) is 8.06. The Balaban J connectivity index is 2.43. The Morgan fingerprint density at radius 2 is 1.65 bits per heavy atom. The molecule has 0 saturated heterocycles. The van der Waals surface area contributed by atoms with Gasteiger partial charge in [-0.3, -0.25) is 0 Å². The summed E-state index contributed by atoms with van der Waals surface area (Å²) in [7, 11) is 0. The number of nitrogens with zero attached hydrogens (tertiary/aromatic N) is 4. The second-order valence-corrected chi connectivity index (χ2v) is 3.57. The monoisotopic (exact) mass is 230 g/mol. The third-order valence-electron chi connectivity index (χ3n) is 2.08. The number of aryl methyl sites for hydroxylation is 2. The molecule has 0 bridgehead atoms. The van der Waals surface area contributed by atoms with Crippen molar-refractivity contribution in [1.82, 2.24) is 19.9 Å². The van der Waals surface area contributed by atoms with Crippen LogP contribution in [0.3, 0.4) is 0 Å². The van der Waals surface area contributed by atoms with Crippen LogP contribution in [0.2, 0.25) is 0 Å². The zero-order valence-electron chi connectivity index (χ0n) is 9.38. The van der Waals surface area contributed by atoms with Gasteiger partial charge in [-0.2, -0.15) is 0 Å². The molecular weight excluding hydrogens is 220 g/mol. The molecule has 0 aliphatic heterocycles. The maximum atomic E-state index is 10.6. The van der Waals surface area contributed by atoms with Crippen LogP contribution in [0.25, 0.3) is 11.4 Å². The zero-order valence-corrected chi connectivity index (χ0v) is 9.38. The summed E-state index contributed by atoms with van der Waals surface area (Å²) >= 11 is 0. The molecule has 2 heterocycles. The van der Waals surface area contributed by atoms with Crippen LogP contribution in [0.15, 0.2) is 18.5 Å². The predicted molar refractivity (Wildman–Crippen MR) is 59.5 cm³/mol. The van der Waals surface area contributed by atoms with E-state index in [1.54, 1.807) is 0 Å². The summed E-state index contributed by atoms with van der Waals surface area (Å²) in [6.45, 7) is 3.73. The van der Waals surface area contributed by atoms with Gasteiger partial charge in [0, 0.05) is 23.8 Å². The highest BCUT2D eigenvalue weighted by atomic mass is 16.4. The summed E-state index contributed by atoms with van der Waals surface area (Å²) in [6.07, 6.45) is 2.81. The predicted octanol–water partition coefficient (Wildman–Crippen LogP) is 1.25. The van der Waals surface area contributed by atoms with Gasteiger partial charge in [0.25, 0.3) is 0 Å². The van der Waals surface area contributed by atoms with E-state index in [1.807, 2.05) is 19.9 Å². The quantitative estimate of drug-likeness (QED) is 0.835. The van der Waals surface area contributed by atoms with Gasteiger partial charge in [0.05, 0.1) is 5.56 Å². The van der Waals surface area contributed by atoms with Crippen LogP contribution in [0, 0.1) is 13.8 Å². The molecule has 6 nitrogen and oxygen atoms in total. The minimum absolute atomic E-state index is 0.238. The topological polar surface area (TPSA) is 88.9 Å². The maximum absolute atomic E-state index is 10.6. The third-order valence-corrected chi connectivity index (χ3v) is 2.08. The number of aromatic carboxylic acids is 1. The Morgan fingerprint density at radius 1 is 1.12 bits per heavy atom. The summed E-state index contributed by atoms with van der Waals surface area (Å²) in [4.78, 5) is 26.5. The van der Waals surface area contributed by atoms with E-state index in [0.29, 0.717) is 11.4 Å². The van der Waals surface area contributed by atoms with E-state index in [4.69, 9.17) is 5.11 Å². The van der Waals surface area contributed by atoms with Gasteiger partial charge in [-0.1, -0.05) is 0 Å². The fourth-order valence-electron chi connectivity index (χ4n) is 1.41. The number of aromatic nitrogens is 4. The summed E-state index contributed by atoms with van der Waals surface area (Å²) in [5.74, 6) is -0.893. The van der Waals surface area contributed by atoms with Crippen LogP contribution in [0.4, 0.5) is 0 Å². The van der Waals surface area contributed by atoms with Gasteiger partial charge in [-0.25, -0.2) is 24.7 Å². The fourth-order valence-corrected chi connectivity index (χ4v) is 1.41. The highest BCUT2D eigenvalue weighted by Crippen LogP contribution is 2.13. The molecule has 0 fully saturated rings. The average molecular weight is 230 g/mol. The molecule has 0 aromatic carbocycles. The van der Waals surface area contributed by atoms with Crippen molar-refractivity contribution in [2.45, 2.75) is 13.8 Å². The van der Waals surface area contributed by atoms with E-state index in [2.05, 4.69) is 19.9 Å². The molecule has 2 aromatic heterocycles. The highest BCUT2D eigenvalue weighted by Gasteiger charge is 2.08. The summed E-state index contributed by atoms with van der Waals surface area (Å²) < 4.78 is 0. The lowest BCUT2D eigenvalue weighted by atomic mass is 10.3. The van der Waals surface area contributed by atoms with Gasteiger partial charge in [0.15, 0.2) is 5.82 Å². The molecule has 0 saturated carbocycles. The van der Waals surface area contributed by atoms with E-state index in [0.717, 1.165) is 11.4 Å². The summed E-state index contributed by atoms with van der Waals surface area (Å²) in [5.41, 5.74) is 2.28. The van der Waals surface area contributed by atoms with E-state index in [9.17, 15) is 4.79 Å². The minimum atomic E-state index is -1.15. The summed E-state index contributed by atoms with van der Waals surface area (Å²) in [6, 6.07) is 1.86.